The van der Waals surface area contributed by atoms with Crippen molar-refractivity contribution in [1.82, 2.24) is 0 Å². The summed E-state index contributed by atoms with van der Waals surface area (Å²) >= 11 is 0. The smallest absolute Gasteiger partial charge is 0.248 e. The van der Waals surface area contributed by atoms with Gasteiger partial charge in [0.25, 0.3) is 0 Å². The van der Waals surface area contributed by atoms with Crippen molar-refractivity contribution in [2.45, 2.75) is 13.3 Å². The maximum atomic E-state index is 12.1. The van der Waals surface area contributed by atoms with Crippen LogP contribution in [0.15, 0.2) is 54.6 Å². The fraction of sp³-hybridized carbons (Fsp3) is 0.211. The van der Waals surface area contributed by atoms with Gasteiger partial charge in [0.2, 0.25) is 5.91 Å². The number of carbonyl (C=O) groups is 1. The molecule has 0 spiro atoms. The predicted molar refractivity (Wildman–Crippen MR) is 92.9 cm³/mol. The Bertz CT molecular complexity index is 680. The topological polar surface area (TPSA) is 47.6 Å². The van der Waals surface area contributed by atoms with Crippen LogP contribution in [0.2, 0.25) is 0 Å². The van der Waals surface area contributed by atoms with Crippen molar-refractivity contribution in [3.8, 4) is 11.5 Å². The summed E-state index contributed by atoms with van der Waals surface area (Å²) in [6, 6.07) is 14.9. The minimum Gasteiger partial charge on any atom is -0.495 e. The fourth-order valence-corrected chi connectivity index (χ4v) is 2.05. The van der Waals surface area contributed by atoms with E-state index in [1.54, 1.807) is 25.3 Å². The van der Waals surface area contributed by atoms with Gasteiger partial charge in [0.15, 0.2) is 0 Å². The highest BCUT2D eigenvalue weighted by molar-refractivity contribution is 6.02. The number of carbonyl (C=O) groups excluding carboxylic acids is 1. The monoisotopic (exact) mass is 311 g/mol. The number of benzene rings is 2. The summed E-state index contributed by atoms with van der Waals surface area (Å²) < 4.78 is 10.9. The van der Waals surface area contributed by atoms with Crippen molar-refractivity contribution in [2.24, 2.45) is 0 Å². The van der Waals surface area contributed by atoms with Crippen molar-refractivity contribution in [3.05, 3.63) is 60.2 Å². The van der Waals surface area contributed by atoms with Crippen LogP contribution in [0.3, 0.4) is 0 Å². The van der Waals surface area contributed by atoms with Gasteiger partial charge in [0.05, 0.1) is 19.4 Å². The van der Waals surface area contributed by atoms with Crippen LogP contribution < -0.4 is 14.8 Å². The SMILES string of the molecule is CCCOc1ccccc1C=CC(=O)Nc1ccccc1OC. The minimum atomic E-state index is -0.222. The van der Waals surface area contributed by atoms with Crippen molar-refractivity contribution < 1.29 is 14.3 Å². The first-order valence-corrected chi connectivity index (χ1v) is 7.58. The molecule has 0 radical (unpaired) electrons. The van der Waals surface area contributed by atoms with E-state index < -0.39 is 0 Å². The number of anilines is 1. The first-order chi connectivity index (χ1) is 11.2. The molecule has 2 aromatic carbocycles. The van der Waals surface area contributed by atoms with Crippen molar-refractivity contribution in [1.29, 1.82) is 0 Å². The van der Waals surface area contributed by atoms with Gasteiger partial charge < -0.3 is 14.8 Å². The fourth-order valence-electron chi connectivity index (χ4n) is 2.05. The quantitative estimate of drug-likeness (QED) is 0.782. The zero-order chi connectivity index (χ0) is 16.5. The van der Waals surface area contributed by atoms with Gasteiger partial charge in [-0.15, -0.1) is 0 Å². The minimum absolute atomic E-state index is 0.222. The van der Waals surface area contributed by atoms with Crippen LogP contribution in [-0.4, -0.2) is 19.6 Å². The van der Waals surface area contributed by atoms with Gasteiger partial charge >= 0.3 is 0 Å². The summed E-state index contributed by atoms with van der Waals surface area (Å²) in [5.41, 5.74) is 1.51. The lowest BCUT2D eigenvalue weighted by Crippen LogP contribution is -2.08. The molecule has 0 aliphatic rings. The Kier molecular flexibility index (Phi) is 6.24. The highest BCUT2D eigenvalue weighted by atomic mass is 16.5. The lowest BCUT2D eigenvalue weighted by atomic mass is 10.2. The molecule has 23 heavy (non-hydrogen) atoms. The van der Waals surface area contributed by atoms with Crippen LogP contribution in [0.1, 0.15) is 18.9 Å². The third kappa shape index (κ3) is 4.88. The molecule has 2 aromatic rings. The Balaban J connectivity index is 2.06. The second kappa shape index (κ2) is 8.63. The van der Waals surface area contributed by atoms with Crippen LogP contribution in [0.25, 0.3) is 6.08 Å². The molecule has 1 N–H and O–H groups in total. The number of ether oxygens (including phenoxy) is 2. The third-order valence-corrected chi connectivity index (χ3v) is 3.16. The summed E-state index contributed by atoms with van der Waals surface area (Å²) in [7, 11) is 1.57. The number of hydrogen-bond donors (Lipinski definition) is 1. The normalized spacial score (nSPS) is 10.5. The van der Waals surface area contributed by atoms with E-state index in [2.05, 4.69) is 12.2 Å². The molecule has 0 saturated heterocycles. The molecule has 0 aliphatic heterocycles. The highest BCUT2D eigenvalue weighted by Gasteiger charge is 2.05. The Hall–Kier alpha value is -2.75. The van der Waals surface area contributed by atoms with Gasteiger partial charge in [0.1, 0.15) is 11.5 Å². The molecule has 4 heteroatoms. The average Bonchev–Trinajstić information content (AvgIpc) is 2.59. The Morgan fingerprint density at radius 3 is 2.52 bits per heavy atom. The summed E-state index contributed by atoms with van der Waals surface area (Å²) in [6.07, 6.45) is 4.17. The molecule has 0 unspecified atom stereocenters. The second-order valence-electron chi connectivity index (χ2n) is 4.91. The van der Waals surface area contributed by atoms with Gasteiger partial charge in [-0.2, -0.15) is 0 Å². The van der Waals surface area contributed by atoms with Crippen LogP contribution in [0.5, 0.6) is 11.5 Å². The number of hydrogen-bond acceptors (Lipinski definition) is 3. The molecule has 0 bridgehead atoms. The largest absolute Gasteiger partial charge is 0.495 e. The molecule has 1 amide bonds. The van der Waals surface area contributed by atoms with Crippen LogP contribution in [0.4, 0.5) is 5.69 Å². The van der Waals surface area contributed by atoms with Crippen LogP contribution in [-0.2, 0) is 4.79 Å². The van der Waals surface area contributed by atoms with E-state index in [4.69, 9.17) is 9.47 Å². The third-order valence-electron chi connectivity index (χ3n) is 3.16. The molecular weight excluding hydrogens is 290 g/mol. The Morgan fingerprint density at radius 2 is 1.78 bits per heavy atom. The standard InChI is InChI=1S/C19H21NO3/c1-3-14-23-17-10-6-4-8-15(17)12-13-19(21)20-16-9-5-7-11-18(16)22-2/h4-13H,3,14H2,1-2H3,(H,20,21). The first kappa shape index (κ1) is 16.6. The van der Waals surface area contributed by atoms with Gasteiger partial charge in [-0.3, -0.25) is 4.79 Å². The maximum absolute atomic E-state index is 12.1. The highest BCUT2D eigenvalue weighted by Crippen LogP contribution is 2.23. The number of para-hydroxylation sites is 3. The van der Waals surface area contributed by atoms with Crippen molar-refractivity contribution >= 4 is 17.7 Å². The predicted octanol–water partition coefficient (Wildman–Crippen LogP) is 4.14. The Labute approximate surface area is 136 Å². The molecule has 0 aromatic heterocycles. The first-order valence-electron chi connectivity index (χ1n) is 7.58. The summed E-state index contributed by atoms with van der Waals surface area (Å²) in [4.78, 5) is 12.1. The number of amides is 1. The number of nitrogens with one attached hydrogen (secondary N) is 1. The van der Waals surface area contributed by atoms with Gasteiger partial charge in [-0.1, -0.05) is 37.3 Å². The molecule has 0 fully saturated rings. The summed E-state index contributed by atoms with van der Waals surface area (Å²) in [5, 5.41) is 2.80. The molecule has 0 saturated carbocycles. The number of rotatable bonds is 7. The molecule has 0 heterocycles. The molecule has 2 rings (SSSR count). The molecule has 0 atom stereocenters. The second-order valence-corrected chi connectivity index (χ2v) is 4.91. The summed E-state index contributed by atoms with van der Waals surface area (Å²) in [5.74, 6) is 1.18. The van der Waals surface area contributed by atoms with E-state index in [-0.39, 0.29) is 5.91 Å². The van der Waals surface area contributed by atoms with Crippen molar-refractivity contribution in [3.63, 3.8) is 0 Å². The van der Waals surface area contributed by atoms with Crippen molar-refractivity contribution in [2.75, 3.05) is 19.0 Å². The maximum Gasteiger partial charge on any atom is 0.248 e. The van der Waals surface area contributed by atoms with E-state index in [1.165, 1.54) is 6.08 Å². The van der Waals surface area contributed by atoms with Crippen LogP contribution in [0, 0.1) is 0 Å². The van der Waals surface area contributed by atoms with E-state index >= 15 is 0 Å². The Morgan fingerprint density at radius 1 is 1.09 bits per heavy atom. The van der Waals surface area contributed by atoms with Gasteiger partial charge in [0, 0.05) is 11.6 Å². The zero-order valence-electron chi connectivity index (χ0n) is 13.4. The van der Waals surface area contributed by atoms with E-state index in [0.717, 1.165) is 17.7 Å². The van der Waals surface area contributed by atoms with E-state index in [9.17, 15) is 4.79 Å². The van der Waals surface area contributed by atoms with Gasteiger partial charge in [-0.05, 0) is 30.7 Å². The lowest BCUT2D eigenvalue weighted by Gasteiger charge is -2.09. The lowest BCUT2D eigenvalue weighted by molar-refractivity contribution is -0.111. The molecule has 4 nitrogen and oxygen atoms in total. The molecule has 0 aliphatic carbocycles. The van der Waals surface area contributed by atoms with Crippen LogP contribution >= 0.6 is 0 Å². The van der Waals surface area contributed by atoms with E-state index in [1.807, 2.05) is 36.4 Å². The van der Waals surface area contributed by atoms with Gasteiger partial charge in [-0.25, -0.2) is 0 Å². The van der Waals surface area contributed by atoms with E-state index in [0.29, 0.717) is 18.0 Å². The number of methoxy groups -OCH3 is 1. The average molecular weight is 311 g/mol. The molecule has 120 valence electrons. The summed E-state index contributed by atoms with van der Waals surface area (Å²) in [6.45, 7) is 2.71. The zero-order valence-corrected chi connectivity index (χ0v) is 13.4. The molecular formula is C19H21NO3.